The first-order chi connectivity index (χ1) is 6.69. The molecular formula is C9H7ClN2O2. The number of hydrogen-bond donors (Lipinski definition) is 0. The van der Waals surface area contributed by atoms with Gasteiger partial charge in [-0.25, -0.2) is 4.79 Å². The molecule has 0 saturated carbocycles. The van der Waals surface area contributed by atoms with Crippen molar-refractivity contribution >= 4 is 17.6 Å². The quantitative estimate of drug-likeness (QED) is 0.550. The lowest BCUT2D eigenvalue weighted by atomic mass is 10.2. The Morgan fingerprint density at radius 3 is 3.07 bits per heavy atom. The molecule has 0 saturated heterocycles. The van der Waals surface area contributed by atoms with Crippen LogP contribution in [0.15, 0.2) is 18.3 Å². The highest BCUT2D eigenvalue weighted by Gasteiger charge is 2.11. The van der Waals surface area contributed by atoms with Gasteiger partial charge in [0.05, 0.1) is 24.4 Å². The van der Waals surface area contributed by atoms with Gasteiger partial charge in [0.1, 0.15) is 0 Å². The van der Waals surface area contributed by atoms with E-state index in [0.717, 1.165) is 0 Å². The van der Waals surface area contributed by atoms with Gasteiger partial charge in [-0.15, -0.1) is 0 Å². The first-order valence-electron chi connectivity index (χ1n) is 3.77. The molecule has 1 atom stereocenters. The summed E-state index contributed by atoms with van der Waals surface area (Å²) in [5.41, 5.74) is 0.676. The molecule has 0 amide bonds. The van der Waals surface area contributed by atoms with Crippen molar-refractivity contribution < 1.29 is 9.53 Å². The predicted octanol–water partition coefficient (Wildman–Crippen LogP) is 1.67. The fourth-order valence-electron chi connectivity index (χ4n) is 0.898. The largest absolute Gasteiger partial charge is 0.465 e. The molecule has 1 rings (SSSR count). The molecule has 1 heterocycles. The lowest BCUT2D eigenvalue weighted by molar-refractivity contribution is 0.0600. The van der Waals surface area contributed by atoms with E-state index in [0.29, 0.717) is 11.3 Å². The Morgan fingerprint density at radius 1 is 1.79 bits per heavy atom. The van der Waals surface area contributed by atoms with Gasteiger partial charge < -0.3 is 4.74 Å². The van der Waals surface area contributed by atoms with E-state index in [1.54, 1.807) is 0 Å². The molecule has 72 valence electrons. The van der Waals surface area contributed by atoms with Crippen LogP contribution in [0.3, 0.4) is 0 Å². The van der Waals surface area contributed by atoms with Gasteiger partial charge in [0.15, 0.2) is 5.38 Å². The van der Waals surface area contributed by atoms with Gasteiger partial charge in [-0.3, -0.25) is 4.98 Å². The molecule has 1 unspecified atom stereocenters. The average molecular weight is 211 g/mol. The molecular weight excluding hydrogens is 204 g/mol. The summed E-state index contributed by atoms with van der Waals surface area (Å²) in [5, 5.41) is 7.69. The maximum Gasteiger partial charge on any atom is 0.337 e. The van der Waals surface area contributed by atoms with E-state index in [1.807, 2.05) is 6.07 Å². The molecule has 4 nitrogen and oxygen atoms in total. The van der Waals surface area contributed by atoms with E-state index >= 15 is 0 Å². The Morgan fingerprint density at radius 2 is 2.50 bits per heavy atom. The van der Waals surface area contributed by atoms with E-state index in [4.69, 9.17) is 16.9 Å². The second-order valence-corrected chi connectivity index (χ2v) is 2.89. The van der Waals surface area contributed by atoms with E-state index < -0.39 is 11.3 Å². The van der Waals surface area contributed by atoms with Crippen LogP contribution in [-0.4, -0.2) is 18.1 Å². The summed E-state index contributed by atoms with van der Waals surface area (Å²) in [6, 6.07) is 4.75. The van der Waals surface area contributed by atoms with Gasteiger partial charge in [-0.1, -0.05) is 11.6 Å². The molecule has 0 fully saturated rings. The third-order valence-electron chi connectivity index (χ3n) is 1.58. The van der Waals surface area contributed by atoms with Crippen LogP contribution in [0.25, 0.3) is 0 Å². The van der Waals surface area contributed by atoms with Crippen molar-refractivity contribution in [2.24, 2.45) is 0 Å². The molecule has 0 spiro atoms. The lowest BCUT2D eigenvalue weighted by Gasteiger charge is -2.02. The van der Waals surface area contributed by atoms with Gasteiger partial charge in [0.25, 0.3) is 0 Å². The third-order valence-corrected chi connectivity index (χ3v) is 1.90. The van der Waals surface area contributed by atoms with Crippen LogP contribution in [0.4, 0.5) is 0 Å². The summed E-state index contributed by atoms with van der Waals surface area (Å²) < 4.78 is 4.51. The molecule has 5 heteroatoms. The number of methoxy groups -OCH3 is 1. The monoisotopic (exact) mass is 210 g/mol. The molecule has 0 bridgehead atoms. The number of alkyl halides is 1. The molecule has 0 aliphatic heterocycles. The fraction of sp³-hybridized carbons (Fsp3) is 0.222. The highest BCUT2D eigenvalue weighted by Crippen LogP contribution is 2.17. The zero-order valence-electron chi connectivity index (χ0n) is 7.40. The molecule has 0 radical (unpaired) electrons. The van der Waals surface area contributed by atoms with Crippen molar-refractivity contribution in [3.05, 3.63) is 29.6 Å². The summed E-state index contributed by atoms with van der Waals surface area (Å²) in [6.45, 7) is 0. The van der Waals surface area contributed by atoms with Crippen molar-refractivity contribution in [2.45, 2.75) is 5.38 Å². The van der Waals surface area contributed by atoms with E-state index in [9.17, 15) is 4.79 Å². The smallest absolute Gasteiger partial charge is 0.337 e. The van der Waals surface area contributed by atoms with Crippen LogP contribution >= 0.6 is 11.6 Å². The molecule has 0 aliphatic rings. The number of carbonyl (C=O) groups is 1. The van der Waals surface area contributed by atoms with Crippen LogP contribution in [0.5, 0.6) is 0 Å². The Bertz CT molecular complexity index is 387. The van der Waals surface area contributed by atoms with Gasteiger partial charge in [0.2, 0.25) is 0 Å². The maximum atomic E-state index is 11.1. The topological polar surface area (TPSA) is 63.0 Å². The van der Waals surface area contributed by atoms with Crippen molar-refractivity contribution in [1.29, 1.82) is 5.26 Å². The van der Waals surface area contributed by atoms with E-state index in [1.165, 1.54) is 25.4 Å². The number of nitriles is 1. The van der Waals surface area contributed by atoms with Crippen LogP contribution < -0.4 is 0 Å². The number of hydrogen-bond acceptors (Lipinski definition) is 4. The highest BCUT2D eigenvalue weighted by atomic mass is 35.5. The van der Waals surface area contributed by atoms with Crippen LogP contribution in [0, 0.1) is 11.3 Å². The van der Waals surface area contributed by atoms with Gasteiger partial charge in [0, 0.05) is 6.20 Å². The Kier molecular flexibility index (Phi) is 3.43. The number of ether oxygens (including phenoxy) is 1. The van der Waals surface area contributed by atoms with Crippen LogP contribution in [0.2, 0.25) is 0 Å². The molecule has 0 N–H and O–H groups in total. The standard InChI is InChI=1S/C9H7ClN2O2/c1-14-9(13)6-2-3-12-8(4-6)7(10)5-11/h2-4,7H,1H3. The average Bonchev–Trinajstić information content (AvgIpc) is 2.27. The van der Waals surface area contributed by atoms with Crippen LogP contribution in [0.1, 0.15) is 21.4 Å². The minimum Gasteiger partial charge on any atom is -0.465 e. The third kappa shape index (κ3) is 2.21. The van der Waals surface area contributed by atoms with Crippen molar-refractivity contribution in [3.63, 3.8) is 0 Å². The maximum absolute atomic E-state index is 11.1. The number of halogens is 1. The second-order valence-electron chi connectivity index (χ2n) is 2.45. The van der Waals surface area contributed by atoms with Gasteiger partial charge >= 0.3 is 5.97 Å². The lowest BCUT2D eigenvalue weighted by Crippen LogP contribution is -2.03. The first-order valence-corrected chi connectivity index (χ1v) is 4.20. The number of esters is 1. The van der Waals surface area contributed by atoms with Crippen molar-refractivity contribution in [2.75, 3.05) is 7.11 Å². The van der Waals surface area contributed by atoms with Gasteiger partial charge in [-0.05, 0) is 12.1 Å². The number of nitrogens with zero attached hydrogens (tertiary/aromatic N) is 2. The summed E-state index contributed by atoms with van der Waals surface area (Å²) in [6.07, 6.45) is 1.41. The van der Waals surface area contributed by atoms with Crippen molar-refractivity contribution in [1.82, 2.24) is 4.98 Å². The Balaban J connectivity index is 3.02. The summed E-state index contributed by atoms with van der Waals surface area (Å²) in [4.78, 5) is 15.0. The van der Waals surface area contributed by atoms with Crippen molar-refractivity contribution in [3.8, 4) is 6.07 Å². The van der Waals surface area contributed by atoms with E-state index in [-0.39, 0.29) is 0 Å². The molecule has 14 heavy (non-hydrogen) atoms. The molecule has 1 aromatic rings. The Hall–Kier alpha value is -1.60. The SMILES string of the molecule is COC(=O)c1ccnc(C(Cl)C#N)c1. The zero-order valence-corrected chi connectivity index (χ0v) is 8.15. The molecule has 1 aromatic heterocycles. The Labute approximate surface area is 86.1 Å². The fourth-order valence-corrected chi connectivity index (χ4v) is 1.02. The molecule has 0 aliphatic carbocycles. The zero-order chi connectivity index (χ0) is 10.6. The molecule has 0 aromatic carbocycles. The number of pyridine rings is 1. The predicted molar refractivity (Wildman–Crippen MR) is 49.8 cm³/mol. The second kappa shape index (κ2) is 4.58. The number of aromatic nitrogens is 1. The number of rotatable bonds is 2. The minimum atomic E-state index is -0.848. The summed E-state index contributed by atoms with van der Waals surface area (Å²) in [7, 11) is 1.28. The number of carbonyl (C=O) groups excluding carboxylic acids is 1. The van der Waals surface area contributed by atoms with Gasteiger partial charge in [-0.2, -0.15) is 5.26 Å². The first kappa shape index (κ1) is 10.5. The normalized spacial score (nSPS) is 11.5. The summed E-state index contributed by atoms with van der Waals surface area (Å²) in [5.74, 6) is -0.476. The van der Waals surface area contributed by atoms with Crippen LogP contribution in [-0.2, 0) is 4.74 Å². The minimum absolute atomic E-state index is 0.332. The highest BCUT2D eigenvalue weighted by molar-refractivity contribution is 6.22. The van der Waals surface area contributed by atoms with E-state index in [2.05, 4.69) is 9.72 Å². The summed E-state index contributed by atoms with van der Waals surface area (Å²) >= 11 is 5.63.